The summed E-state index contributed by atoms with van der Waals surface area (Å²) in [6.07, 6.45) is -0.302. The normalized spacial score (nSPS) is 26.0. The van der Waals surface area contributed by atoms with Gasteiger partial charge in [0.2, 0.25) is 0 Å². The van der Waals surface area contributed by atoms with E-state index in [2.05, 4.69) is 0 Å². The van der Waals surface area contributed by atoms with Crippen LogP contribution in [-0.2, 0) is 9.47 Å². The van der Waals surface area contributed by atoms with Crippen LogP contribution in [0.3, 0.4) is 0 Å². The zero-order chi connectivity index (χ0) is 19.7. The fraction of sp³-hybridized carbons (Fsp3) is 0.455. The molecule has 6 nitrogen and oxygen atoms in total. The highest BCUT2D eigenvalue weighted by molar-refractivity contribution is 5.49. The Kier molecular flexibility index (Phi) is 5.33. The monoisotopic (exact) mass is 386 g/mol. The predicted molar refractivity (Wildman–Crippen MR) is 103 cm³/mol. The van der Waals surface area contributed by atoms with E-state index in [1.165, 1.54) is 0 Å². The standard InChI is InChI=1S/C22H26O6/c1-23-15-7-5-8-16(24-2)19(15)21-13-11-28-22(14(13)12-27-21)20-17(25-3)9-6-10-18(20)26-4/h5-10,13-14,21-22H,11-12H2,1-4H3. The van der Waals surface area contributed by atoms with Gasteiger partial charge in [-0.25, -0.2) is 0 Å². The lowest BCUT2D eigenvalue weighted by Gasteiger charge is -2.22. The molecule has 150 valence electrons. The molecule has 2 fully saturated rings. The largest absolute Gasteiger partial charge is 0.496 e. The lowest BCUT2D eigenvalue weighted by Crippen LogP contribution is -2.16. The average Bonchev–Trinajstić information content (AvgIpc) is 3.34. The lowest BCUT2D eigenvalue weighted by atomic mass is 9.84. The van der Waals surface area contributed by atoms with E-state index in [1.54, 1.807) is 28.4 Å². The second kappa shape index (κ2) is 7.89. The van der Waals surface area contributed by atoms with Gasteiger partial charge in [0.1, 0.15) is 23.0 Å². The molecule has 0 aliphatic carbocycles. The Hall–Kier alpha value is -2.44. The van der Waals surface area contributed by atoms with E-state index in [0.717, 1.165) is 34.1 Å². The molecule has 4 atom stereocenters. The number of methoxy groups -OCH3 is 4. The first-order valence-electron chi connectivity index (χ1n) is 9.38. The SMILES string of the molecule is COc1cccc(OC)c1C1OCC2C(c3c(OC)cccc3OC)OCC12. The second-order valence-corrected chi connectivity index (χ2v) is 6.99. The molecule has 6 heteroatoms. The van der Waals surface area contributed by atoms with Crippen LogP contribution in [0, 0.1) is 11.8 Å². The molecule has 0 amide bonds. The van der Waals surface area contributed by atoms with Crippen LogP contribution in [0.5, 0.6) is 23.0 Å². The average molecular weight is 386 g/mol. The molecular formula is C22H26O6. The molecular weight excluding hydrogens is 360 g/mol. The van der Waals surface area contributed by atoms with E-state index in [1.807, 2.05) is 36.4 Å². The number of hydrogen-bond acceptors (Lipinski definition) is 6. The molecule has 2 aliphatic rings. The van der Waals surface area contributed by atoms with E-state index in [0.29, 0.717) is 13.2 Å². The molecule has 0 aromatic heterocycles. The molecule has 2 aromatic rings. The highest BCUT2D eigenvalue weighted by Gasteiger charge is 2.50. The number of hydrogen-bond donors (Lipinski definition) is 0. The number of ether oxygens (including phenoxy) is 6. The molecule has 2 saturated heterocycles. The van der Waals surface area contributed by atoms with Gasteiger partial charge in [-0.2, -0.15) is 0 Å². The first-order chi connectivity index (χ1) is 13.7. The molecule has 0 bridgehead atoms. The third kappa shape index (κ3) is 2.97. The summed E-state index contributed by atoms with van der Waals surface area (Å²) in [7, 11) is 6.66. The predicted octanol–water partition coefficient (Wildman–Crippen LogP) is 3.80. The molecule has 4 rings (SSSR count). The molecule has 28 heavy (non-hydrogen) atoms. The fourth-order valence-electron chi connectivity index (χ4n) is 4.46. The molecule has 0 spiro atoms. The third-order valence-corrected chi connectivity index (χ3v) is 5.77. The van der Waals surface area contributed by atoms with Gasteiger partial charge in [-0.3, -0.25) is 0 Å². The van der Waals surface area contributed by atoms with Crippen molar-refractivity contribution in [2.75, 3.05) is 41.7 Å². The summed E-state index contributed by atoms with van der Waals surface area (Å²) < 4.78 is 34.9. The van der Waals surface area contributed by atoms with Crippen LogP contribution in [0.15, 0.2) is 36.4 Å². The van der Waals surface area contributed by atoms with Crippen molar-refractivity contribution in [3.05, 3.63) is 47.5 Å². The van der Waals surface area contributed by atoms with Crippen LogP contribution in [0.2, 0.25) is 0 Å². The van der Waals surface area contributed by atoms with Gasteiger partial charge in [-0.15, -0.1) is 0 Å². The van der Waals surface area contributed by atoms with Crippen molar-refractivity contribution in [3.63, 3.8) is 0 Å². The zero-order valence-corrected chi connectivity index (χ0v) is 16.6. The minimum Gasteiger partial charge on any atom is -0.496 e. The number of fused-ring (bicyclic) bond motifs is 1. The highest BCUT2D eigenvalue weighted by Crippen LogP contribution is 2.55. The van der Waals surface area contributed by atoms with E-state index in [4.69, 9.17) is 28.4 Å². The van der Waals surface area contributed by atoms with Crippen LogP contribution in [-0.4, -0.2) is 41.7 Å². The first-order valence-corrected chi connectivity index (χ1v) is 9.38. The first kappa shape index (κ1) is 18.9. The van der Waals surface area contributed by atoms with Crippen molar-refractivity contribution < 1.29 is 28.4 Å². The van der Waals surface area contributed by atoms with Gasteiger partial charge in [-0.05, 0) is 24.3 Å². The summed E-state index contributed by atoms with van der Waals surface area (Å²) >= 11 is 0. The van der Waals surface area contributed by atoms with Crippen LogP contribution in [0.1, 0.15) is 23.3 Å². The summed E-state index contributed by atoms with van der Waals surface area (Å²) in [6, 6.07) is 11.6. The van der Waals surface area contributed by atoms with Crippen molar-refractivity contribution in [3.8, 4) is 23.0 Å². The Morgan fingerprint density at radius 3 is 1.21 bits per heavy atom. The lowest BCUT2D eigenvalue weighted by molar-refractivity contribution is 0.0163. The molecule has 4 unspecified atom stereocenters. The highest BCUT2D eigenvalue weighted by atomic mass is 16.5. The molecule has 0 saturated carbocycles. The minimum absolute atomic E-state index is 0.151. The minimum atomic E-state index is -0.151. The fourth-order valence-corrected chi connectivity index (χ4v) is 4.46. The quantitative estimate of drug-likeness (QED) is 0.753. The number of benzene rings is 2. The smallest absolute Gasteiger partial charge is 0.128 e. The Morgan fingerprint density at radius 1 is 0.607 bits per heavy atom. The Morgan fingerprint density at radius 2 is 0.929 bits per heavy atom. The van der Waals surface area contributed by atoms with Crippen molar-refractivity contribution in [1.82, 2.24) is 0 Å². The molecule has 2 heterocycles. The topological polar surface area (TPSA) is 55.4 Å². The maximum absolute atomic E-state index is 6.27. The van der Waals surface area contributed by atoms with E-state index in [-0.39, 0.29) is 24.0 Å². The van der Waals surface area contributed by atoms with Crippen molar-refractivity contribution in [2.24, 2.45) is 11.8 Å². The summed E-state index contributed by atoms with van der Waals surface area (Å²) in [4.78, 5) is 0. The molecule has 2 aromatic carbocycles. The van der Waals surface area contributed by atoms with E-state index < -0.39 is 0 Å². The van der Waals surface area contributed by atoms with Crippen LogP contribution >= 0.6 is 0 Å². The van der Waals surface area contributed by atoms with Gasteiger partial charge in [0.05, 0.1) is 65.0 Å². The Bertz CT molecular complexity index is 722. The van der Waals surface area contributed by atoms with Gasteiger partial charge >= 0.3 is 0 Å². The molecule has 0 N–H and O–H groups in total. The summed E-state index contributed by atoms with van der Waals surface area (Å²) in [5.74, 6) is 3.44. The van der Waals surface area contributed by atoms with Gasteiger partial charge in [-0.1, -0.05) is 12.1 Å². The van der Waals surface area contributed by atoms with Gasteiger partial charge in [0.15, 0.2) is 0 Å². The van der Waals surface area contributed by atoms with Crippen molar-refractivity contribution in [2.45, 2.75) is 12.2 Å². The van der Waals surface area contributed by atoms with Crippen LogP contribution in [0.4, 0.5) is 0 Å². The second-order valence-electron chi connectivity index (χ2n) is 6.99. The zero-order valence-electron chi connectivity index (χ0n) is 16.6. The Labute approximate surface area is 165 Å². The van der Waals surface area contributed by atoms with Crippen LogP contribution < -0.4 is 18.9 Å². The number of rotatable bonds is 6. The van der Waals surface area contributed by atoms with E-state index in [9.17, 15) is 0 Å². The van der Waals surface area contributed by atoms with Gasteiger partial charge in [0, 0.05) is 11.8 Å². The summed E-state index contributed by atoms with van der Waals surface area (Å²) in [5, 5.41) is 0. The van der Waals surface area contributed by atoms with Gasteiger partial charge < -0.3 is 28.4 Å². The van der Waals surface area contributed by atoms with Crippen molar-refractivity contribution in [1.29, 1.82) is 0 Å². The third-order valence-electron chi connectivity index (χ3n) is 5.77. The van der Waals surface area contributed by atoms with Crippen molar-refractivity contribution >= 4 is 0 Å². The Balaban J connectivity index is 1.69. The van der Waals surface area contributed by atoms with Crippen LogP contribution in [0.25, 0.3) is 0 Å². The van der Waals surface area contributed by atoms with Gasteiger partial charge in [0.25, 0.3) is 0 Å². The van der Waals surface area contributed by atoms with E-state index >= 15 is 0 Å². The summed E-state index contributed by atoms with van der Waals surface area (Å²) in [6.45, 7) is 1.17. The maximum atomic E-state index is 6.27. The molecule has 0 radical (unpaired) electrons. The summed E-state index contributed by atoms with van der Waals surface area (Å²) in [5.41, 5.74) is 1.88. The molecule has 2 aliphatic heterocycles. The maximum Gasteiger partial charge on any atom is 0.128 e.